The first-order valence-corrected chi connectivity index (χ1v) is 10.8. The van der Waals surface area contributed by atoms with Crippen LogP contribution in [0.1, 0.15) is 32.1 Å². The molecule has 170 valence electrons. The van der Waals surface area contributed by atoms with Gasteiger partial charge in [0, 0.05) is 36.6 Å². The Morgan fingerprint density at radius 1 is 1.18 bits per heavy atom. The molecule has 0 aliphatic carbocycles. The van der Waals surface area contributed by atoms with Crippen molar-refractivity contribution in [3.63, 3.8) is 0 Å². The zero-order chi connectivity index (χ0) is 23.4. The molecule has 2 aliphatic heterocycles. The van der Waals surface area contributed by atoms with Crippen molar-refractivity contribution in [2.75, 3.05) is 13.1 Å². The fourth-order valence-corrected chi connectivity index (χ4v) is 4.90. The first-order valence-electron chi connectivity index (χ1n) is 10.8. The summed E-state index contributed by atoms with van der Waals surface area (Å²) in [4.78, 5) is 34.8. The van der Waals surface area contributed by atoms with Gasteiger partial charge in [-0.05, 0) is 37.3 Å². The van der Waals surface area contributed by atoms with Gasteiger partial charge < -0.3 is 14.3 Å². The molecule has 34 heavy (non-hydrogen) atoms. The maximum Gasteiger partial charge on any atom is 0.274 e. The Bertz CT molecular complexity index is 1410. The molecule has 1 saturated heterocycles. The fourth-order valence-electron chi connectivity index (χ4n) is 4.90. The van der Waals surface area contributed by atoms with Crippen LogP contribution in [0, 0.1) is 12.7 Å². The van der Waals surface area contributed by atoms with Crippen LogP contribution >= 0.6 is 0 Å². The topological polar surface area (TPSA) is 97.4 Å². The average Bonchev–Trinajstić information content (AvgIpc) is 3.57. The number of halogens is 1. The highest BCUT2D eigenvalue weighted by Crippen LogP contribution is 2.44. The van der Waals surface area contributed by atoms with Crippen LogP contribution in [0.3, 0.4) is 0 Å². The molecule has 1 aromatic carbocycles. The van der Waals surface area contributed by atoms with Gasteiger partial charge in [0.2, 0.25) is 0 Å². The van der Waals surface area contributed by atoms with Gasteiger partial charge in [-0.1, -0.05) is 17.3 Å². The standard InChI is InChI=1S/C24H19FN6O3/c1-15-19(13-34-28-15)22(32)29-9-10-30-23(33)21-11-20(16-3-2-8-26-12-16)27-31(21)14-24(29,30)17-4-6-18(25)7-5-17/h2-8,11-13H,9-10,14H2,1H3. The molecule has 2 amide bonds. The molecule has 0 saturated carbocycles. The number of rotatable bonds is 3. The molecule has 2 aliphatic rings. The third-order valence-electron chi connectivity index (χ3n) is 6.54. The third kappa shape index (κ3) is 2.81. The Balaban J connectivity index is 1.52. The van der Waals surface area contributed by atoms with Gasteiger partial charge in [0.05, 0.1) is 17.9 Å². The quantitative estimate of drug-likeness (QED) is 0.468. The van der Waals surface area contributed by atoms with Crippen molar-refractivity contribution >= 4 is 11.8 Å². The van der Waals surface area contributed by atoms with Crippen LogP contribution in [-0.2, 0) is 12.2 Å². The van der Waals surface area contributed by atoms with E-state index in [1.807, 2.05) is 6.07 Å². The highest BCUT2D eigenvalue weighted by molar-refractivity contribution is 5.99. The van der Waals surface area contributed by atoms with E-state index in [9.17, 15) is 14.0 Å². The van der Waals surface area contributed by atoms with Crippen molar-refractivity contribution in [1.82, 2.24) is 29.7 Å². The van der Waals surface area contributed by atoms with Crippen molar-refractivity contribution in [2.24, 2.45) is 0 Å². The normalized spacial score (nSPS) is 19.3. The van der Waals surface area contributed by atoms with E-state index in [1.165, 1.54) is 18.4 Å². The molecule has 10 heteroatoms. The molecule has 3 aromatic heterocycles. The molecule has 0 bridgehead atoms. The van der Waals surface area contributed by atoms with Crippen LogP contribution in [0.15, 0.2) is 65.6 Å². The Labute approximate surface area is 193 Å². The van der Waals surface area contributed by atoms with Gasteiger partial charge in [-0.25, -0.2) is 4.39 Å². The second-order valence-electron chi connectivity index (χ2n) is 8.36. The van der Waals surface area contributed by atoms with Crippen LogP contribution in [-0.4, -0.2) is 54.6 Å². The number of nitrogens with zero attached hydrogens (tertiary/aromatic N) is 6. The molecule has 9 nitrogen and oxygen atoms in total. The predicted octanol–water partition coefficient (Wildman–Crippen LogP) is 2.85. The Kier molecular flexibility index (Phi) is 4.38. The number of aromatic nitrogens is 4. The molecule has 1 atom stereocenters. The molecular weight excluding hydrogens is 439 g/mol. The molecule has 6 rings (SSSR count). The summed E-state index contributed by atoms with van der Waals surface area (Å²) in [6, 6.07) is 11.3. The molecule has 0 spiro atoms. The highest BCUT2D eigenvalue weighted by Gasteiger charge is 2.57. The lowest BCUT2D eigenvalue weighted by molar-refractivity contribution is -0.00852. The summed E-state index contributed by atoms with van der Waals surface area (Å²) in [6.45, 7) is 2.50. The van der Waals surface area contributed by atoms with Gasteiger partial charge >= 0.3 is 0 Å². The van der Waals surface area contributed by atoms with Gasteiger partial charge in [-0.3, -0.25) is 19.3 Å². The minimum absolute atomic E-state index is 0.191. The van der Waals surface area contributed by atoms with Gasteiger partial charge in [-0.2, -0.15) is 5.10 Å². The predicted molar refractivity (Wildman–Crippen MR) is 117 cm³/mol. The highest BCUT2D eigenvalue weighted by atomic mass is 19.1. The first-order chi connectivity index (χ1) is 16.5. The Hall–Kier alpha value is -4.34. The summed E-state index contributed by atoms with van der Waals surface area (Å²) in [5, 5.41) is 8.51. The lowest BCUT2D eigenvalue weighted by Gasteiger charge is -2.46. The van der Waals surface area contributed by atoms with E-state index in [1.54, 1.807) is 58.1 Å². The molecule has 1 unspecified atom stereocenters. The van der Waals surface area contributed by atoms with Gasteiger partial charge in [-0.15, -0.1) is 0 Å². The molecule has 4 aromatic rings. The fraction of sp³-hybridized carbons (Fsp3) is 0.208. The monoisotopic (exact) mass is 458 g/mol. The first kappa shape index (κ1) is 20.3. The zero-order valence-corrected chi connectivity index (χ0v) is 18.2. The number of carbonyl (C=O) groups is 2. The number of fused-ring (bicyclic) bond motifs is 2. The van der Waals surface area contributed by atoms with E-state index in [-0.39, 0.29) is 18.4 Å². The van der Waals surface area contributed by atoms with E-state index in [0.29, 0.717) is 41.3 Å². The van der Waals surface area contributed by atoms with E-state index in [4.69, 9.17) is 4.52 Å². The Morgan fingerprint density at radius 3 is 2.71 bits per heavy atom. The maximum atomic E-state index is 13.8. The zero-order valence-electron chi connectivity index (χ0n) is 18.2. The number of amides is 2. The summed E-state index contributed by atoms with van der Waals surface area (Å²) in [5.41, 5.74) is 2.02. The minimum Gasteiger partial charge on any atom is -0.364 e. The summed E-state index contributed by atoms with van der Waals surface area (Å²) in [7, 11) is 0. The smallest absolute Gasteiger partial charge is 0.274 e. The van der Waals surface area contributed by atoms with Crippen LogP contribution in [0.4, 0.5) is 4.39 Å². The molecule has 0 N–H and O–H groups in total. The number of hydrogen-bond donors (Lipinski definition) is 0. The third-order valence-corrected chi connectivity index (χ3v) is 6.54. The molecule has 0 radical (unpaired) electrons. The van der Waals surface area contributed by atoms with Gasteiger partial charge in [0.1, 0.15) is 23.3 Å². The molecule has 5 heterocycles. The van der Waals surface area contributed by atoms with Crippen LogP contribution < -0.4 is 0 Å². The second kappa shape index (κ2) is 7.34. The number of hydrogen-bond acceptors (Lipinski definition) is 6. The van der Waals surface area contributed by atoms with Crippen molar-refractivity contribution in [2.45, 2.75) is 19.1 Å². The minimum atomic E-state index is -1.18. The van der Waals surface area contributed by atoms with E-state index in [0.717, 1.165) is 5.56 Å². The lowest BCUT2D eigenvalue weighted by Crippen LogP contribution is -2.60. The van der Waals surface area contributed by atoms with E-state index in [2.05, 4.69) is 15.2 Å². The van der Waals surface area contributed by atoms with Crippen LogP contribution in [0.5, 0.6) is 0 Å². The lowest BCUT2D eigenvalue weighted by atomic mass is 9.93. The number of pyridine rings is 1. The Morgan fingerprint density at radius 2 is 2.00 bits per heavy atom. The largest absolute Gasteiger partial charge is 0.364 e. The SMILES string of the molecule is Cc1nocc1C(=O)N1CCN2C(=O)c3cc(-c4cccnc4)nn3CC12c1ccc(F)cc1. The van der Waals surface area contributed by atoms with Crippen molar-refractivity contribution < 1.29 is 18.5 Å². The summed E-state index contributed by atoms with van der Waals surface area (Å²) in [6.07, 6.45) is 4.66. The number of aryl methyl sites for hydroxylation is 1. The number of carbonyl (C=O) groups excluding carboxylic acids is 2. The van der Waals surface area contributed by atoms with E-state index < -0.39 is 11.5 Å². The summed E-state index contributed by atoms with van der Waals surface area (Å²) in [5.74, 6) is -0.977. The summed E-state index contributed by atoms with van der Waals surface area (Å²) >= 11 is 0. The molecule has 1 fully saturated rings. The van der Waals surface area contributed by atoms with Crippen LogP contribution in [0.25, 0.3) is 11.3 Å². The van der Waals surface area contributed by atoms with Crippen LogP contribution in [0.2, 0.25) is 0 Å². The van der Waals surface area contributed by atoms with Crippen molar-refractivity contribution in [3.8, 4) is 11.3 Å². The van der Waals surface area contributed by atoms with Crippen molar-refractivity contribution in [3.05, 3.63) is 89.5 Å². The van der Waals surface area contributed by atoms with Crippen molar-refractivity contribution in [1.29, 1.82) is 0 Å². The van der Waals surface area contributed by atoms with Gasteiger partial charge in [0.15, 0.2) is 5.66 Å². The average molecular weight is 458 g/mol. The molecular formula is C24H19FN6O3. The number of benzene rings is 1. The van der Waals surface area contributed by atoms with E-state index >= 15 is 0 Å². The summed E-state index contributed by atoms with van der Waals surface area (Å²) < 4.78 is 20.4. The second-order valence-corrected chi connectivity index (χ2v) is 8.36. The maximum absolute atomic E-state index is 13.8. The van der Waals surface area contributed by atoms with Gasteiger partial charge in [0.25, 0.3) is 11.8 Å².